The van der Waals surface area contributed by atoms with E-state index in [0.29, 0.717) is 0 Å². The van der Waals surface area contributed by atoms with Gasteiger partial charge in [-0.2, -0.15) is 5.10 Å². The Morgan fingerprint density at radius 1 is 0.944 bits per heavy atom. The molecule has 2 heterocycles. The molecule has 0 unspecified atom stereocenters. The van der Waals surface area contributed by atoms with Crippen LogP contribution in [0.15, 0.2) is 54.9 Å². The summed E-state index contributed by atoms with van der Waals surface area (Å²) in [4.78, 5) is 4.50. The van der Waals surface area contributed by atoms with Gasteiger partial charge in [0, 0.05) is 23.3 Å². The summed E-state index contributed by atoms with van der Waals surface area (Å²) in [5.74, 6) is 1.51. The van der Waals surface area contributed by atoms with Gasteiger partial charge in [0.05, 0.1) is 0 Å². The summed E-state index contributed by atoms with van der Waals surface area (Å²) in [6, 6.07) is 14.0. The highest BCUT2D eigenvalue weighted by molar-refractivity contribution is 5.60. The highest BCUT2D eigenvalue weighted by Crippen LogP contribution is 2.18. The molecule has 3 aromatic rings. The van der Waals surface area contributed by atoms with Gasteiger partial charge in [-0.3, -0.25) is 5.10 Å². The smallest absolute Gasteiger partial charge is 0.181 e. The highest BCUT2D eigenvalue weighted by atomic mass is 15.2. The molecule has 0 saturated heterocycles. The van der Waals surface area contributed by atoms with E-state index < -0.39 is 0 Å². The van der Waals surface area contributed by atoms with E-state index in [-0.39, 0.29) is 0 Å². The van der Waals surface area contributed by atoms with Gasteiger partial charge in [-0.1, -0.05) is 30.3 Å². The quantitative estimate of drug-likeness (QED) is 0.692. The molecule has 2 aromatic heterocycles. The van der Waals surface area contributed by atoms with E-state index in [4.69, 9.17) is 0 Å². The van der Waals surface area contributed by atoms with Crippen LogP contribution in [0.25, 0.3) is 22.8 Å². The number of rotatable bonds is 2. The fraction of sp³-hybridized carbons (Fsp3) is 0.0714. The molecular weight excluding hydrogens is 224 g/mol. The van der Waals surface area contributed by atoms with E-state index in [1.165, 1.54) is 0 Å². The molecule has 0 radical (unpaired) electrons. The summed E-state index contributed by atoms with van der Waals surface area (Å²) in [5.41, 5.74) is 2.05. The van der Waals surface area contributed by atoms with Crippen molar-refractivity contribution in [3.8, 4) is 22.8 Å². The van der Waals surface area contributed by atoms with Gasteiger partial charge < -0.3 is 0 Å². The molecule has 1 aromatic carbocycles. The monoisotopic (exact) mass is 237 g/mol. The summed E-state index contributed by atoms with van der Waals surface area (Å²) in [6.07, 6.45) is 3.97. The molecule has 4 heteroatoms. The summed E-state index contributed by atoms with van der Waals surface area (Å²) in [7, 11) is 1.99. The topological polar surface area (TPSA) is 45.5 Å². The van der Waals surface area contributed by atoms with Gasteiger partial charge in [-0.25, -0.2) is 9.55 Å². The van der Waals surface area contributed by atoms with Crippen molar-refractivity contribution in [2.45, 2.75) is 0 Å². The minimum Gasteiger partial charge on any atom is -0.259 e. The van der Waals surface area contributed by atoms with Crippen molar-refractivity contribution in [3.05, 3.63) is 54.9 Å². The third-order valence-corrected chi connectivity index (χ3v) is 2.77. The van der Waals surface area contributed by atoms with Gasteiger partial charge >= 0.3 is 0 Å². The second-order valence-electron chi connectivity index (χ2n) is 4.13. The van der Waals surface area contributed by atoms with Crippen LogP contribution in [0, 0.1) is 0 Å². The predicted molar refractivity (Wildman–Crippen MR) is 68.4 cm³/mol. The minimum atomic E-state index is 0.721. The second kappa shape index (κ2) is 4.41. The first-order valence-corrected chi connectivity index (χ1v) is 5.76. The number of benzene rings is 1. The van der Waals surface area contributed by atoms with Crippen molar-refractivity contribution in [2.24, 2.45) is 7.05 Å². The first-order valence-electron chi connectivity index (χ1n) is 5.76. The third-order valence-electron chi connectivity index (χ3n) is 2.77. The molecule has 0 amide bonds. The van der Waals surface area contributed by atoms with Crippen LogP contribution < -0.4 is 4.57 Å². The zero-order chi connectivity index (χ0) is 12.4. The zero-order valence-electron chi connectivity index (χ0n) is 10.0. The lowest BCUT2D eigenvalue weighted by Crippen LogP contribution is -2.25. The lowest BCUT2D eigenvalue weighted by atomic mass is 10.2. The summed E-state index contributed by atoms with van der Waals surface area (Å²) < 4.78 is 1.98. The van der Waals surface area contributed by atoms with Gasteiger partial charge in [0.2, 0.25) is 0 Å². The second-order valence-corrected chi connectivity index (χ2v) is 4.13. The van der Waals surface area contributed by atoms with E-state index in [2.05, 4.69) is 15.2 Å². The molecular formula is C14H13N4+. The maximum Gasteiger partial charge on any atom is 0.181 e. The summed E-state index contributed by atoms with van der Waals surface area (Å²) >= 11 is 0. The summed E-state index contributed by atoms with van der Waals surface area (Å²) in [5, 5.41) is 7.21. The Labute approximate surface area is 105 Å². The fourth-order valence-electron chi connectivity index (χ4n) is 1.77. The molecule has 3 rings (SSSR count). The minimum absolute atomic E-state index is 0.721. The third kappa shape index (κ3) is 2.00. The number of aromatic amines is 1. The molecule has 0 atom stereocenters. The Hall–Kier alpha value is -2.49. The number of aryl methyl sites for hydroxylation is 1. The number of pyridine rings is 1. The lowest BCUT2D eigenvalue weighted by Gasteiger charge is -1.93. The van der Waals surface area contributed by atoms with Crippen LogP contribution >= 0.6 is 0 Å². The van der Waals surface area contributed by atoms with Gasteiger partial charge in [-0.15, -0.1) is 0 Å². The van der Waals surface area contributed by atoms with Crippen molar-refractivity contribution < 1.29 is 4.57 Å². The van der Waals surface area contributed by atoms with E-state index in [1.807, 2.05) is 66.5 Å². The molecule has 0 saturated carbocycles. The van der Waals surface area contributed by atoms with Crippen LogP contribution in [0.4, 0.5) is 0 Å². The van der Waals surface area contributed by atoms with Crippen LogP contribution in [0.3, 0.4) is 0 Å². The van der Waals surface area contributed by atoms with Gasteiger partial charge in [0.15, 0.2) is 24.0 Å². The molecule has 0 aliphatic carbocycles. The Bertz CT molecular complexity index is 641. The predicted octanol–water partition coefficient (Wildman–Crippen LogP) is 1.96. The Morgan fingerprint density at radius 2 is 1.67 bits per heavy atom. The largest absolute Gasteiger partial charge is 0.259 e. The highest BCUT2D eigenvalue weighted by Gasteiger charge is 2.07. The molecule has 0 bridgehead atoms. The van der Waals surface area contributed by atoms with Crippen molar-refractivity contribution in [1.29, 1.82) is 0 Å². The number of H-pyrrole nitrogens is 1. The number of hydrogen-bond acceptors (Lipinski definition) is 2. The maximum atomic E-state index is 4.50. The van der Waals surface area contributed by atoms with Crippen LogP contribution in [-0.2, 0) is 7.05 Å². The molecule has 18 heavy (non-hydrogen) atoms. The zero-order valence-corrected chi connectivity index (χ0v) is 10.0. The molecule has 0 aliphatic heterocycles. The Kier molecular flexibility index (Phi) is 2.61. The standard InChI is InChI=1S/C14H12N4/c1-18-9-7-12(8-10-18)14-15-13(16-17-14)11-5-3-2-4-6-11/h2-10H,1H3/p+1. The van der Waals surface area contributed by atoms with Crippen molar-refractivity contribution >= 4 is 0 Å². The lowest BCUT2D eigenvalue weighted by molar-refractivity contribution is -0.671. The molecule has 4 nitrogen and oxygen atoms in total. The fourth-order valence-corrected chi connectivity index (χ4v) is 1.77. The van der Waals surface area contributed by atoms with Crippen molar-refractivity contribution in [1.82, 2.24) is 15.2 Å². The van der Waals surface area contributed by atoms with Crippen LogP contribution in [0.1, 0.15) is 0 Å². The average molecular weight is 237 g/mol. The first-order chi connectivity index (χ1) is 8.83. The van der Waals surface area contributed by atoms with Crippen molar-refractivity contribution in [2.75, 3.05) is 0 Å². The molecule has 0 spiro atoms. The van der Waals surface area contributed by atoms with E-state index in [1.54, 1.807) is 0 Å². The number of nitrogens with zero attached hydrogens (tertiary/aromatic N) is 3. The van der Waals surface area contributed by atoms with Crippen LogP contribution in [-0.4, -0.2) is 15.2 Å². The molecule has 88 valence electrons. The van der Waals surface area contributed by atoms with Crippen molar-refractivity contribution in [3.63, 3.8) is 0 Å². The van der Waals surface area contributed by atoms with Gasteiger partial charge in [-0.05, 0) is 0 Å². The average Bonchev–Trinajstić information content (AvgIpc) is 2.90. The maximum absolute atomic E-state index is 4.50. The van der Waals surface area contributed by atoms with Gasteiger partial charge in [0.1, 0.15) is 7.05 Å². The van der Waals surface area contributed by atoms with E-state index in [9.17, 15) is 0 Å². The Balaban J connectivity index is 1.97. The number of hydrogen-bond donors (Lipinski definition) is 1. The SMILES string of the molecule is C[n+]1ccc(-c2nc(-c3ccccc3)n[nH]2)cc1. The first kappa shape index (κ1) is 10.7. The number of aromatic nitrogens is 4. The Morgan fingerprint density at radius 3 is 2.39 bits per heavy atom. The van der Waals surface area contributed by atoms with Crippen LogP contribution in [0.2, 0.25) is 0 Å². The summed E-state index contributed by atoms with van der Waals surface area (Å²) in [6.45, 7) is 0. The molecule has 0 fully saturated rings. The normalized spacial score (nSPS) is 10.5. The van der Waals surface area contributed by atoms with E-state index >= 15 is 0 Å². The van der Waals surface area contributed by atoms with Crippen LogP contribution in [0.5, 0.6) is 0 Å². The van der Waals surface area contributed by atoms with Gasteiger partial charge in [0.25, 0.3) is 0 Å². The number of nitrogens with one attached hydrogen (secondary N) is 1. The molecule has 1 N–H and O–H groups in total. The van der Waals surface area contributed by atoms with E-state index in [0.717, 1.165) is 22.8 Å². The molecule has 0 aliphatic rings.